The van der Waals surface area contributed by atoms with Crippen LogP contribution in [0, 0.1) is 11.8 Å². The van der Waals surface area contributed by atoms with E-state index in [4.69, 9.17) is 4.99 Å². The number of hydrogen-bond donors (Lipinski definition) is 1. The van der Waals surface area contributed by atoms with Crippen LogP contribution in [0.25, 0.3) is 0 Å². The van der Waals surface area contributed by atoms with Crippen molar-refractivity contribution in [2.24, 2.45) is 16.8 Å². The fourth-order valence-electron chi connectivity index (χ4n) is 2.66. The third-order valence-electron chi connectivity index (χ3n) is 3.94. The van der Waals surface area contributed by atoms with E-state index in [-0.39, 0.29) is 5.54 Å². The van der Waals surface area contributed by atoms with Crippen molar-refractivity contribution in [3.05, 3.63) is 0 Å². The maximum atomic E-state index is 4.70. The Labute approximate surface area is 110 Å². The minimum absolute atomic E-state index is 0.240. The van der Waals surface area contributed by atoms with Crippen LogP contribution in [0.2, 0.25) is 0 Å². The lowest BCUT2D eigenvalue weighted by Gasteiger charge is -2.25. The quantitative estimate of drug-likeness (QED) is 0.831. The van der Waals surface area contributed by atoms with E-state index in [0.717, 1.165) is 24.1 Å². The van der Waals surface area contributed by atoms with Gasteiger partial charge in [-0.2, -0.15) is 0 Å². The predicted octanol–water partition coefficient (Wildman–Crippen LogP) is 3.67. The molecule has 1 heterocycles. The lowest BCUT2D eigenvalue weighted by Crippen LogP contribution is -2.36. The van der Waals surface area contributed by atoms with Crippen LogP contribution >= 0.6 is 11.8 Å². The normalized spacial score (nSPS) is 34.9. The molecule has 0 bridgehead atoms. The molecule has 0 spiro atoms. The van der Waals surface area contributed by atoms with Crippen LogP contribution in [-0.4, -0.2) is 23.0 Å². The number of nitrogens with zero attached hydrogens (tertiary/aromatic N) is 1. The van der Waals surface area contributed by atoms with Crippen LogP contribution < -0.4 is 5.32 Å². The molecular formula is C14H26N2S. The van der Waals surface area contributed by atoms with Gasteiger partial charge >= 0.3 is 0 Å². The second kappa shape index (κ2) is 5.64. The van der Waals surface area contributed by atoms with Crippen molar-refractivity contribution in [3.63, 3.8) is 0 Å². The molecule has 1 saturated heterocycles. The van der Waals surface area contributed by atoms with Crippen LogP contribution in [0.4, 0.5) is 0 Å². The Kier molecular flexibility index (Phi) is 4.40. The van der Waals surface area contributed by atoms with Gasteiger partial charge in [-0.15, -0.1) is 0 Å². The van der Waals surface area contributed by atoms with Crippen LogP contribution in [-0.2, 0) is 0 Å². The molecule has 1 aliphatic heterocycles. The maximum absolute atomic E-state index is 4.70. The monoisotopic (exact) mass is 254 g/mol. The third kappa shape index (κ3) is 4.20. The van der Waals surface area contributed by atoms with E-state index in [0.29, 0.717) is 0 Å². The summed E-state index contributed by atoms with van der Waals surface area (Å²) >= 11 is 1.88. The van der Waals surface area contributed by atoms with Crippen molar-refractivity contribution < 1.29 is 0 Å². The van der Waals surface area contributed by atoms with Crippen molar-refractivity contribution in [2.45, 2.75) is 58.4 Å². The first-order valence-electron chi connectivity index (χ1n) is 7.00. The average Bonchev–Trinajstić information content (AvgIpc) is 2.61. The van der Waals surface area contributed by atoms with Crippen LogP contribution in [0.3, 0.4) is 0 Å². The third-order valence-corrected chi connectivity index (χ3v) is 5.31. The van der Waals surface area contributed by atoms with Crippen molar-refractivity contribution in [1.29, 1.82) is 0 Å². The minimum Gasteiger partial charge on any atom is -0.359 e. The molecule has 0 aromatic carbocycles. The summed E-state index contributed by atoms with van der Waals surface area (Å²) in [7, 11) is 0. The fourth-order valence-corrected chi connectivity index (χ4v) is 3.76. The second-order valence-electron chi connectivity index (χ2n) is 6.40. The van der Waals surface area contributed by atoms with Gasteiger partial charge < -0.3 is 5.32 Å². The molecular weight excluding hydrogens is 228 g/mol. The highest BCUT2D eigenvalue weighted by molar-refractivity contribution is 8.14. The zero-order valence-electron chi connectivity index (χ0n) is 11.5. The Balaban J connectivity index is 1.68. The van der Waals surface area contributed by atoms with E-state index < -0.39 is 0 Å². The molecule has 2 nitrogen and oxygen atoms in total. The largest absolute Gasteiger partial charge is 0.359 e. The molecule has 3 heteroatoms. The van der Waals surface area contributed by atoms with E-state index in [1.54, 1.807) is 0 Å². The number of hydrogen-bond acceptors (Lipinski definition) is 2. The molecule has 2 aliphatic rings. The first kappa shape index (κ1) is 13.3. The van der Waals surface area contributed by atoms with Gasteiger partial charge in [-0.25, -0.2) is 0 Å². The zero-order valence-corrected chi connectivity index (χ0v) is 12.3. The van der Waals surface area contributed by atoms with E-state index in [1.165, 1.54) is 37.3 Å². The molecule has 2 rings (SSSR count). The van der Waals surface area contributed by atoms with Crippen LogP contribution in [0.5, 0.6) is 0 Å². The Morgan fingerprint density at radius 1 is 1.29 bits per heavy atom. The molecule has 0 amide bonds. The number of nitrogens with one attached hydrogen (secondary N) is 1. The highest BCUT2D eigenvalue weighted by Gasteiger charge is 2.27. The van der Waals surface area contributed by atoms with Gasteiger partial charge in [0.15, 0.2) is 5.17 Å². The highest BCUT2D eigenvalue weighted by Crippen LogP contribution is 2.30. The standard InChI is InChI=1S/C14H26N2S/c1-11-4-6-12(7-5-11)8-9-15-13-16-14(2,3)10-17-13/h11-12H,4-10H2,1-3H3,(H,15,16). The second-order valence-corrected chi connectivity index (χ2v) is 7.36. The fraction of sp³-hybridized carbons (Fsp3) is 0.929. The van der Waals surface area contributed by atoms with Crippen LogP contribution in [0.1, 0.15) is 52.9 Å². The van der Waals surface area contributed by atoms with Crippen molar-refractivity contribution in [3.8, 4) is 0 Å². The Morgan fingerprint density at radius 3 is 2.59 bits per heavy atom. The number of aliphatic imine (C=N–C) groups is 1. The van der Waals surface area contributed by atoms with Crippen molar-refractivity contribution in [2.75, 3.05) is 12.3 Å². The summed E-state index contributed by atoms with van der Waals surface area (Å²) in [5.41, 5.74) is 0.240. The average molecular weight is 254 g/mol. The summed E-state index contributed by atoms with van der Waals surface area (Å²) in [6, 6.07) is 0. The summed E-state index contributed by atoms with van der Waals surface area (Å²) in [6.07, 6.45) is 7.01. The smallest absolute Gasteiger partial charge is 0.157 e. The summed E-state index contributed by atoms with van der Waals surface area (Å²) in [5.74, 6) is 3.05. The lowest BCUT2D eigenvalue weighted by atomic mass is 9.81. The van der Waals surface area contributed by atoms with Gasteiger partial charge in [-0.1, -0.05) is 44.4 Å². The molecule has 17 heavy (non-hydrogen) atoms. The van der Waals surface area contributed by atoms with E-state index in [9.17, 15) is 0 Å². The first-order valence-corrected chi connectivity index (χ1v) is 7.99. The lowest BCUT2D eigenvalue weighted by molar-refractivity contribution is 0.280. The van der Waals surface area contributed by atoms with Crippen molar-refractivity contribution >= 4 is 16.9 Å². The molecule has 2 fully saturated rings. The Bertz CT molecular complexity index is 278. The molecule has 0 unspecified atom stereocenters. The SMILES string of the molecule is CC1CCC(CCN=C2NC(C)(C)CS2)CC1. The summed E-state index contributed by atoms with van der Waals surface area (Å²) in [5, 5.41) is 4.65. The van der Waals surface area contributed by atoms with E-state index in [2.05, 4.69) is 26.1 Å². The molecule has 98 valence electrons. The summed E-state index contributed by atoms with van der Waals surface area (Å²) in [4.78, 5) is 4.70. The highest BCUT2D eigenvalue weighted by atomic mass is 32.2. The molecule has 0 atom stereocenters. The molecule has 1 N–H and O–H groups in total. The number of thioether (sulfide) groups is 1. The molecule has 1 saturated carbocycles. The topological polar surface area (TPSA) is 24.4 Å². The van der Waals surface area contributed by atoms with E-state index >= 15 is 0 Å². The maximum Gasteiger partial charge on any atom is 0.157 e. The number of rotatable bonds is 3. The van der Waals surface area contributed by atoms with Gasteiger partial charge in [-0.3, -0.25) is 4.99 Å². The summed E-state index contributed by atoms with van der Waals surface area (Å²) in [6.45, 7) is 7.89. The van der Waals surface area contributed by atoms with Gasteiger partial charge in [-0.05, 0) is 32.1 Å². The summed E-state index contributed by atoms with van der Waals surface area (Å²) < 4.78 is 0. The van der Waals surface area contributed by atoms with Crippen LogP contribution in [0.15, 0.2) is 4.99 Å². The van der Waals surface area contributed by atoms with Gasteiger partial charge in [0, 0.05) is 17.8 Å². The Morgan fingerprint density at radius 2 is 2.00 bits per heavy atom. The van der Waals surface area contributed by atoms with Gasteiger partial charge in [0.25, 0.3) is 0 Å². The van der Waals surface area contributed by atoms with Gasteiger partial charge in [0.1, 0.15) is 0 Å². The molecule has 0 aromatic heterocycles. The predicted molar refractivity (Wildman–Crippen MR) is 77.7 cm³/mol. The van der Waals surface area contributed by atoms with Gasteiger partial charge in [0.2, 0.25) is 0 Å². The molecule has 1 aliphatic carbocycles. The first-order chi connectivity index (χ1) is 8.05. The molecule has 0 radical (unpaired) electrons. The number of amidine groups is 1. The zero-order chi connectivity index (χ0) is 12.3. The minimum atomic E-state index is 0.240. The Hall–Kier alpha value is -0.180. The van der Waals surface area contributed by atoms with Crippen molar-refractivity contribution in [1.82, 2.24) is 5.32 Å². The van der Waals surface area contributed by atoms with Gasteiger partial charge in [0.05, 0.1) is 0 Å². The van der Waals surface area contributed by atoms with E-state index in [1.807, 2.05) is 11.8 Å². The molecule has 0 aromatic rings.